The van der Waals surface area contributed by atoms with E-state index in [-0.39, 0.29) is 22.6 Å². The van der Waals surface area contributed by atoms with Crippen LogP contribution in [0.25, 0.3) is 0 Å². The normalized spacial score (nSPS) is 12.3. The maximum Gasteiger partial charge on any atom is 0.240 e. The first-order valence-electron chi connectivity index (χ1n) is 13.3. The lowest BCUT2D eigenvalue weighted by Gasteiger charge is -2.18. The zero-order chi connectivity index (χ0) is 27.3. The van der Waals surface area contributed by atoms with E-state index >= 15 is 0 Å². The number of nitrogens with zero attached hydrogens (tertiary/aromatic N) is 2. The Morgan fingerprint density at radius 3 is 1.24 bits per heavy atom. The molecule has 0 bridgehead atoms. The molecule has 6 nitrogen and oxygen atoms in total. The van der Waals surface area contributed by atoms with Crippen LogP contribution in [0.15, 0.2) is 58.7 Å². The van der Waals surface area contributed by atoms with E-state index in [0.29, 0.717) is 12.8 Å². The summed E-state index contributed by atoms with van der Waals surface area (Å²) in [5, 5.41) is 8.12. The maximum atomic E-state index is 12.0. The smallest absolute Gasteiger partial charge is 0.240 e. The van der Waals surface area contributed by atoms with Crippen molar-refractivity contribution in [2.24, 2.45) is 10.2 Å². The van der Waals surface area contributed by atoms with Crippen molar-refractivity contribution in [3.05, 3.63) is 70.8 Å². The van der Waals surface area contributed by atoms with Crippen molar-refractivity contribution in [1.29, 1.82) is 0 Å². The van der Waals surface area contributed by atoms with Gasteiger partial charge in [0.1, 0.15) is 0 Å². The molecule has 0 heterocycles. The van der Waals surface area contributed by atoms with Crippen LogP contribution in [0.1, 0.15) is 109 Å². The van der Waals surface area contributed by atoms with Gasteiger partial charge >= 0.3 is 0 Å². The van der Waals surface area contributed by atoms with Gasteiger partial charge in [0.15, 0.2) is 0 Å². The molecule has 2 N–H and O–H groups in total. The molecule has 2 amide bonds. The predicted molar refractivity (Wildman–Crippen MR) is 154 cm³/mol. The van der Waals surface area contributed by atoms with Crippen molar-refractivity contribution in [3.63, 3.8) is 0 Å². The molecule has 0 fully saturated rings. The third-order valence-electron chi connectivity index (χ3n) is 6.17. The van der Waals surface area contributed by atoms with Gasteiger partial charge in [-0.2, -0.15) is 10.2 Å². The Bertz CT molecular complexity index is 955. The van der Waals surface area contributed by atoms with Crippen molar-refractivity contribution in [2.75, 3.05) is 0 Å². The molecule has 37 heavy (non-hydrogen) atoms. The van der Waals surface area contributed by atoms with Crippen molar-refractivity contribution >= 4 is 24.2 Å². The Labute approximate surface area is 223 Å². The van der Waals surface area contributed by atoms with E-state index < -0.39 is 0 Å². The highest BCUT2D eigenvalue weighted by atomic mass is 16.2. The highest BCUT2D eigenvalue weighted by Gasteiger charge is 2.13. The van der Waals surface area contributed by atoms with Gasteiger partial charge in [-0.15, -0.1) is 0 Å². The molecule has 0 aliphatic carbocycles. The van der Waals surface area contributed by atoms with E-state index in [0.717, 1.165) is 43.2 Å². The molecule has 0 aliphatic heterocycles. The Balaban J connectivity index is 1.52. The molecule has 0 spiro atoms. The fraction of sp³-hybridized carbons (Fsp3) is 0.484. The second-order valence-corrected chi connectivity index (χ2v) is 11.6. The zero-order valence-electron chi connectivity index (χ0n) is 23.4. The monoisotopic (exact) mass is 504 g/mol. The number of amides is 2. The number of carbonyl (C=O) groups is 2. The van der Waals surface area contributed by atoms with E-state index in [1.54, 1.807) is 12.4 Å². The number of unbranched alkanes of at least 4 members (excludes halogenated alkanes) is 4. The number of hydrogen-bond acceptors (Lipinski definition) is 4. The highest BCUT2D eigenvalue weighted by Crippen LogP contribution is 2.22. The summed E-state index contributed by atoms with van der Waals surface area (Å²) in [7, 11) is 0. The minimum Gasteiger partial charge on any atom is -0.273 e. The second-order valence-electron chi connectivity index (χ2n) is 11.6. The van der Waals surface area contributed by atoms with E-state index in [1.165, 1.54) is 11.1 Å². The predicted octanol–water partition coefficient (Wildman–Crippen LogP) is 6.61. The molecule has 0 aliphatic rings. The van der Waals surface area contributed by atoms with Crippen LogP contribution in [-0.2, 0) is 20.4 Å². The molecule has 0 saturated carbocycles. The average Bonchev–Trinajstić information content (AvgIpc) is 2.83. The maximum absolute atomic E-state index is 12.0. The lowest BCUT2D eigenvalue weighted by Crippen LogP contribution is -2.17. The van der Waals surface area contributed by atoms with Crippen LogP contribution in [0.4, 0.5) is 0 Å². The van der Waals surface area contributed by atoms with Crippen LogP contribution >= 0.6 is 0 Å². The first-order chi connectivity index (χ1) is 17.4. The van der Waals surface area contributed by atoms with E-state index in [9.17, 15) is 9.59 Å². The topological polar surface area (TPSA) is 82.9 Å². The fourth-order valence-corrected chi connectivity index (χ4v) is 3.71. The molecule has 2 aromatic carbocycles. The number of hydrogen-bond donors (Lipinski definition) is 2. The standard InChI is InChI=1S/C31H44N4O2/c1-30(2,3)26-18-14-24(15-19-26)22-32-34-28(36)12-10-8-7-9-11-13-29(37)35-33-23-25-16-20-27(21-17-25)31(4,5)6/h14-23H,7-13H2,1-6H3,(H,34,36)(H,35,37). The minimum atomic E-state index is -0.0761. The molecule has 0 atom stereocenters. The molecule has 0 radical (unpaired) electrons. The number of carbonyl (C=O) groups excluding carboxylic acids is 2. The average molecular weight is 505 g/mol. The Morgan fingerprint density at radius 1 is 0.595 bits per heavy atom. The first kappa shape index (κ1) is 29.9. The van der Waals surface area contributed by atoms with Crippen LogP contribution < -0.4 is 10.9 Å². The summed E-state index contributed by atoms with van der Waals surface area (Å²) in [5.41, 5.74) is 9.87. The minimum absolute atomic E-state index is 0.0761. The highest BCUT2D eigenvalue weighted by molar-refractivity contribution is 5.83. The summed E-state index contributed by atoms with van der Waals surface area (Å²) in [4.78, 5) is 23.9. The fourth-order valence-electron chi connectivity index (χ4n) is 3.71. The van der Waals surface area contributed by atoms with Gasteiger partial charge in [-0.3, -0.25) is 9.59 Å². The summed E-state index contributed by atoms with van der Waals surface area (Å²) in [6.45, 7) is 13.1. The third kappa shape index (κ3) is 12.0. The Hall–Kier alpha value is -3.28. The molecule has 0 saturated heterocycles. The lowest BCUT2D eigenvalue weighted by atomic mass is 9.87. The number of benzene rings is 2. The summed E-state index contributed by atoms with van der Waals surface area (Å²) in [5.74, 6) is -0.152. The van der Waals surface area contributed by atoms with Crippen molar-refractivity contribution in [3.8, 4) is 0 Å². The molecule has 0 aromatic heterocycles. The van der Waals surface area contributed by atoms with Crippen LogP contribution in [0.3, 0.4) is 0 Å². The van der Waals surface area contributed by atoms with Crippen LogP contribution in [-0.4, -0.2) is 24.2 Å². The van der Waals surface area contributed by atoms with Gasteiger partial charge in [0.05, 0.1) is 12.4 Å². The van der Waals surface area contributed by atoms with Gasteiger partial charge in [0.2, 0.25) is 11.8 Å². The molecular formula is C31H44N4O2. The van der Waals surface area contributed by atoms with Crippen molar-refractivity contribution in [2.45, 2.75) is 97.3 Å². The molecule has 6 heteroatoms. The van der Waals surface area contributed by atoms with E-state index in [2.05, 4.69) is 86.9 Å². The molecule has 2 aromatic rings. The SMILES string of the molecule is CC(C)(C)c1ccc(C=NNC(=O)CCCCCCCC(=O)NN=Cc2ccc(C(C)(C)C)cc2)cc1. The molecule has 200 valence electrons. The molecular weight excluding hydrogens is 460 g/mol. The molecule has 2 rings (SSSR count). The van der Waals surface area contributed by atoms with Crippen LogP contribution in [0.5, 0.6) is 0 Å². The van der Waals surface area contributed by atoms with Crippen LogP contribution in [0, 0.1) is 0 Å². The Morgan fingerprint density at radius 2 is 0.919 bits per heavy atom. The van der Waals surface area contributed by atoms with Gasteiger partial charge in [-0.25, -0.2) is 10.9 Å². The summed E-state index contributed by atoms with van der Waals surface area (Å²) in [6, 6.07) is 16.4. The van der Waals surface area contributed by atoms with Gasteiger partial charge in [0.25, 0.3) is 0 Å². The van der Waals surface area contributed by atoms with E-state index in [4.69, 9.17) is 0 Å². The van der Waals surface area contributed by atoms with Crippen molar-refractivity contribution in [1.82, 2.24) is 10.9 Å². The van der Waals surface area contributed by atoms with Gasteiger partial charge in [-0.1, -0.05) is 109 Å². The lowest BCUT2D eigenvalue weighted by molar-refractivity contribution is -0.121. The van der Waals surface area contributed by atoms with Crippen molar-refractivity contribution < 1.29 is 9.59 Å². The number of nitrogens with one attached hydrogen (secondary N) is 2. The largest absolute Gasteiger partial charge is 0.273 e. The second kappa shape index (κ2) is 14.5. The summed E-state index contributed by atoms with van der Waals surface area (Å²) < 4.78 is 0. The van der Waals surface area contributed by atoms with E-state index in [1.807, 2.05) is 24.3 Å². The third-order valence-corrected chi connectivity index (χ3v) is 6.17. The van der Waals surface area contributed by atoms with Gasteiger partial charge in [0, 0.05) is 12.8 Å². The van der Waals surface area contributed by atoms with Crippen LogP contribution in [0.2, 0.25) is 0 Å². The Kier molecular flexibility index (Phi) is 11.7. The number of rotatable bonds is 12. The summed E-state index contributed by atoms with van der Waals surface area (Å²) >= 11 is 0. The number of hydrazone groups is 2. The first-order valence-corrected chi connectivity index (χ1v) is 13.3. The van der Waals surface area contributed by atoms with Gasteiger partial charge in [-0.05, 0) is 45.9 Å². The zero-order valence-corrected chi connectivity index (χ0v) is 23.4. The molecule has 0 unspecified atom stereocenters. The summed E-state index contributed by atoms with van der Waals surface area (Å²) in [6.07, 6.45) is 8.76. The van der Waals surface area contributed by atoms with Gasteiger partial charge < -0.3 is 0 Å². The quantitative estimate of drug-likeness (QED) is 0.194.